The minimum absolute atomic E-state index is 0.0900. The normalized spacial score (nSPS) is 11.2. The van der Waals surface area contributed by atoms with Crippen LogP contribution >= 0.6 is 11.3 Å². The molecule has 0 atom stereocenters. The number of aromatic nitrogens is 3. The van der Waals surface area contributed by atoms with Crippen LogP contribution in [-0.4, -0.2) is 27.8 Å². The zero-order chi connectivity index (χ0) is 22.9. The number of methoxy groups -OCH3 is 1. The van der Waals surface area contributed by atoms with E-state index < -0.39 is 11.6 Å². The second-order valence-electron chi connectivity index (χ2n) is 7.26. The van der Waals surface area contributed by atoms with E-state index in [2.05, 4.69) is 5.10 Å². The Morgan fingerprint density at radius 3 is 2.82 bits per heavy atom. The molecule has 0 unspecified atom stereocenters. The fraction of sp³-hybridized carbons (Fsp3) is 0.167. The van der Waals surface area contributed by atoms with Crippen molar-refractivity contribution >= 4 is 39.3 Å². The molecule has 0 aliphatic rings. The molecule has 0 amide bonds. The number of ether oxygens (including phenoxy) is 2. The van der Waals surface area contributed by atoms with Crippen LogP contribution in [0.3, 0.4) is 0 Å². The van der Waals surface area contributed by atoms with Gasteiger partial charge in [0.1, 0.15) is 17.9 Å². The molecule has 0 spiro atoms. The molecule has 5 aromatic rings. The summed E-state index contributed by atoms with van der Waals surface area (Å²) in [7, 11) is 1.53. The second-order valence-corrected chi connectivity index (χ2v) is 8.21. The van der Waals surface area contributed by atoms with Crippen LogP contribution in [0.1, 0.15) is 22.8 Å². The average molecular weight is 461 g/mol. The van der Waals surface area contributed by atoms with Crippen molar-refractivity contribution in [1.82, 2.24) is 14.8 Å². The molecule has 9 heteroatoms. The molecule has 4 aromatic heterocycles. The first kappa shape index (κ1) is 20.9. The number of carbonyl (C=O) groups excluding carboxylic acids is 1. The van der Waals surface area contributed by atoms with Crippen molar-refractivity contribution in [2.45, 2.75) is 20.1 Å². The fourth-order valence-electron chi connectivity index (χ4n) is 3.68. The Labute approximate surface area is 192 Å². The minimum Gasteiger partial charge on any atom is -0.497 e. The number of hydrogen-bond acceptors (Lipinski definition) is 8. The van der Waals surface area contributed by atoms with E-state index in [0.29, 0.717) is 51.1 Å². The summed E-state index contributed by atoms with van der Waals surface area (Å²) in [5.41, 5.74) is 2.05. The van der Waals surface area contributed by atoms with E-state index in [9.17, 15) is 9.59 Å². The monoisotopic (exact) mass is 461 g/mol. The van der Waals surface area contributed by atoms with E-state index in [1.807, 2.05) is 24.4 Å². The molecule has 0 N–H and O–H groups in total. The van der Waals surface area contributed by atoms with Gasteiger partial charge in [0.25, 0.3) is 0 Å². The summed E-state index contributed by atoms with van der Waals surface area (Å²) in [5.74, 6) is 0.0405. The van der Waals surface area contributed by atoms with Crippen LogP contribution in [0.25, 0.3) is 32.6 Å². The van der Waals surface area contributed by atoms with Crippen LogP contribution in [0.15, 0.2) is 63.3 Å². The highest BCUT2D eigenvalue weighted by Crippen LogP contribution is 2.29. The third kappa shape index (κ3) is 3.87. The zero-order valence-electron chi connectivity index (χ0n) is 17.9. The van der Waals surface area contributed by atoms with Gasteiger partial charge in [0, 0.05) is 29.6 Å². The van der Waals surface area contributed by atoms with Gasteiger partial charge in [-0.15, -0.1) is 11.3 Å². The molecule has 0 bridgehead atoms. The molecule has 0 saturated heterocycles. The van der Waals surface area contributed by atoms with Crippen molar-refractivity contribution in [3.05, 3.63) is 75.6 Å². The maximum atomic E-state index is 13.2. The summed E-state index contributed by atoms with van der Waals surface area (Å²) in [4.78, 5) is 30.9. The van der Waals surface area contributed by atoms with Crippen molar-refractivity contribution in [3.8, 4) is 16.3 Å². The molecule has 1 aromatic carbocycles. The Hall–Kier alpha value is -3.98. The highest BCUT2D eigenvalue weighted by Gasteiger charge is 2.19. The third-order valence-electron chi connectivity index (χ3n) is 5.30. The predicted octanol–water partition coefficient (Wildman–Crippen LogP) is 4.65. The van der Waals surface area contributed by atoms with Gasteiger partial charge in [-0.2, -0.15) is 5.10 Å². The van der Waals surface area contributed by atoms with E-state index in [1.54, 1.807) is 35.1 Å². The number of rotatable bonds is 6. The average Bonchev–Trinajstić information content (AvgIpc) is 3.51. The number of esters is 1. The van der Waals surface area contributed by atoms with Crippen LogP contribution in [0, 0.1) is 0 Å². The van der Waals surface area contributed by atoms with Crippen molar-refractivity contribution < 1.29 is 18.7 Å². The van der Waals surface area contributed by atoms with Crippen LogP contribution < -0.4 is 10.4 Å². The maximum absolute atomic E-state index is 13.2. The van der Waals surface area contributed by atoms with Gasteiger partial charge in [0.15, 0.2) is 5.65 Å². The van der Waals surface area contributed by atoms with Crippen molar-refractivity contribution in [2.24, 2.45) is 0 Å². The van der Waals surface area contributed by atoms with Gasteiger partial charge in [-0.3, -0.25) is 0 Å². The number of thiophene rings is 1. The molecule has 4 heterocycles. The van der Waals surface area contributed by atoms with Crippen LogP contribution in [0.2, 0.25) is 0 Å². The fourth-order valence-corrected chi connectivity index (χ4v) is 4.36. The van der Waals surface area contributed by atoms with Crippen molar-refractivity contribution in [2.75, 3.05) is 7.11 Å². The first-order valence-electron chi connectivity index (χ1n) is 10.3. The van der Waals surface area contributed by atoms with Gasteiger partial charge in [0.2, 0.25) is 0 Å². The summed E-state index contributed by atoms with van der Waals surface area (Å²) in [6, 6.07) is 12.1. The van der Waals surface area contributed by atoms with E-state index in [1.165, 1.54) is 24.5 Å². The largest absolute Gasteiger partial charge is 0.497 e. The second kappa shape index (κ2) is 8.51. The number of carbonyl (C=O) groups is 1. The summed E-state index contributed by atoms with van der Waals surface area (Å²) < 4.78 is 17.9. The van der Waals surface area contributed by atoms with Gasteiger partial charge < -0.3 is 13.9 Å². The van der Waals surface area contributed by atoms with Gasteiger partial charge in [-0.25, -0.2) is 19.3 Å². The van der Waals surface area contributed by atoms with E-state index in [4.69, 9.17) is 18.9 Å². The summed E-state index contributed by atoms with van der Waals surface area (Å²) in [5, 5.41) is 7.59. The minimum atomic E-state index is -0.530. The standard InChI is InChI=1S/C24H19N3O5S/c1-3-27-23-18(12-25-27)17(11-19(26-23)21-5-4-8-33-21)24(29)31-13-14-9-22(28)32-20-10-15(30-2)6-7-16(14)20/h4-12H,3,13H2,1-2H3. The first-order chi connectivity index (χ1) is 16.1. The predicted molar refractivity (Wildman–Crippen MR) is 125 cm³/mol. The lowest BCUT2D eigenvalue weighted by molar-refractivity contribution is 0.0476. The van der Waals surface area contributed by atoms with Crippen molar-refractivity contribution in [1.29, 1.82) is 0 Å². The molecule has 0 aliphatic heterocycles. The quantitative estimate of drug-likeness (QED) is 0.268. The molecule has 166 valence electrons. The maximum Gasteiger partial charge on any atom is 0.339 e. The highest BCUT2D eigenvalue weighted by atomic mass is 32.1. The Morgan fingerprint density at radius 2 is 2.06 bits per heavy atom. The van der Waals surface area contributed by atoms with Gasteiger partial charge >= 0.3 is 11.6 Å². The SMILES string of the molecule is CCn1ncc2c(C(=O)OCc3cc(=O)oc4cc(OC)ccc34)cc(-c3cccs3)nc21. The summed E-state index contributed by atoms with van der Waals surface area (Å²) in [6.45, 7) is 2.49. The Balaban J connectivity index is 1.51. The lowest BCUT2D eigenvalue weighted by Gasteiger charge is -2.10. The molecule has 0 radical (unpaired) electrons. The van der Waals surface area contributed by atoms with Gasteiger partial charge in [-0.1, -0.05) is 6.07 Å². The molecule has 5 rings (SSSR count). The zero-order valence-corrected chi connectivity index (χ0v) is 18.7. The number of aryl methyl sites for hydroxylation is 1. The number of fused-ring (bicyclic) bond motifs is 2. The van der Waals surface area contributed by atoms with E-state index in [-0.39, 0.29) is 6.61 Å². The molecule has 8 nitrogen and oxygen atoms in total. The molecule has 0 aliphatic carbocycles. The van der Waals surface area contributed by atoms with Crippen LogP contribution in [-0.2, 0) is 17.9 Å². The number of nitrogens with zero attached hydrogens (tertiary/aromatic N) is 3. The Kier molecular flexibility index (Phi) is 5.39. The lowest BCUT2D eigenvalue weighted by Crippen LogP contribution is -2.09. The first-order valence-corrected chi connectivity index (χ1v) is 11.1. The Bertz CT molecular complexity index is 1540. The molecular weight excluding hydrogens is 442 g/mol. The smallest absolute Gasteiger partial charge is 0.339 e. The Morgan fingerprint density at radius 1 is 1.18 bits per heavy atom. The number of pyridine rings is 1. The molecular formula is C24H19N3O5S. The van der Waals surface area contributed by atoms with Gasteiger partial charge in [0.05, 0.1) is 34.8 Å². The highest BCUT2D eigenvalue weighted by molar-refractivity contribution is 7.13. The van der Waals surface area contributed by atoms with Crippen LogP contribution in [0.5, 0.6) is 5.75 Å². The number of hydrogen-bond donors (Lipinski definition) is 0. The molecule has 0 saturated carbocycles. The van der Waals surface area contributed by atoms with E-state index in [0.717, 1.165) is 4.88 Å². The summed E-state index contributed by atoms with van der Waals surface area (Å²) >= 11 is 1.54. The molecule has 0 fully saturated rings. The van der Waals surface area contributed by atoms with E-state index >= 15 is 0 Å². The van der Waals surface area contributed by atoms with Gasteiger partial charge in [-0.05, 0) is 36.6 Å². The van der Waals surface area contributed by atoms with Crippen molar-refractivity contribution in [3.63, 3.8) is 0 Å². The van der Waals surface area contributed by atoms with Crippen LogP contribution in [0.4, 0.5) is 0 Å². The summed E-state index contributed by atoms with van der Waals surface area (Å²) in [6.07, 6.45) is 1.62. The molecule has 33 heavy (non-hydrogen) atoms. The lowest BCUT2D eigenvalue weighted by atomic mass is 10.1. The number of benzene rings is 1. The topological polar surface area (TPSA) is 96.5 Å². The third-order valence-corrected chi connectivity index (χ3v) is 6.19.